The Morgan fingerprint density at radius 1 is 1.50 bits per heavy atom. The van der Waals surface area contributed by atoms with Crippen molar-refractivity contribution in [2.75, 3.05) is 27.2 Å². The van der Waals surface area contributed by atoms with Crippen LogP contribution < -0.4 is 5.32 Å². The highest BCUT2D eigenvalue weighted by Crippen LogP contribution is 2.07. The molecule has 0 spiro atoms. The van der Waals surface area contributed by atoms with Crippen molar-refractivity contribution in [2.24, 2.45) is 7.05 Å². The first-order valence-corrected chi connectivity index (χ1v) is 5.10. The molecule has 5 heteroatoms. The van der Waals surface area contributed by atoms with Gasteiger partial charge in [-0.3, -0.25) is 4.79 Å². The van der Waals surface area contributed by atoms with Gasteiger partial charge in [0.2, 0.25) is 0 Å². The molecule has 0 aliphatic carbocycles. The predicted molar refractivity (Wildman–Crippen MR) is 68.3 cm³/mol. The third-order valence-electron chi connectivity index (χ3n) is 2.64. The van der Waals surface area contributed by atoms with E-state index < -0.39 is 0 Å². The van der Waals surface area contributed by atoms with Crippen LogP contribution in [-0.4, -0.2) is 42.6 Å². The van der Waals surface area contributed by atoms with Crippen LogP contribution in [0.2, 0.25) is 0 Å². The summed E-state index contributed by atoms with van der Waals surface area (Å²) in [6, 6.07) is 3.83. The van der Waals surface area contributed by atoms with E-state index in [2.05, 4.69) is 5.32 Å². The molecule has 0 aliphatic heterocycles. The molecule has 0 aliphatic rings. The Morgan fingerprint density at radius 3 is 2.56 bits per heavy atom. The smallest absolute Gasteiger partial charge is 0.270 e. The summed E-state index contributed by atoms with van der Waals surface area (Å²) in [4.78, 5) is 13.7. The third-order valence-corrected chi connectivity index (χ3v) is 2.64. The number of aryl methyl sites for hydroxylation is 1. The molecule has 1 aromatic rings. The molecule has 0 atom stereocenters. The van der Waals surface area contributed by atoms with Crippen molar-refractivity contribution in [2.45, 2.75) is 6.92 Å². The molecule has 16 heavy (non-hydrogen) atoms. The van der Waals surface area contributed by atoms with E-state index in [4.69, 9.17) is 0 Å². The molecule has 0 fully saturated rings. The minimum Gasteiger partial charge on any atom is -0.344 e. The van der Waals surface area contributed by atoms with E-state index in [9.17, 15) is 4.79 Å². The molecule has 1 amide bonds. The Labute approximate surface area is 103 Å². The predicted octanol–water partition coefficient (Wildman–Crippen LogP) is 1.05. The number of nitrogens with zero attached hydrogens (tertiary/aromatic N) is 2. The summed E-state index contributed by atoms with van der Waals surface area (Å²) in [7, 11) is 5.61. The molecule has 92 valence electrons. The van der Waals surface area contributed by atoms with Gasteiger partial charge in [0.1, 0.15) is 5.69 Å². The molecule has 0 aromatic carbocycles. The van der Waals surface area contributed by atoms with E-state index in [1.807, 2.05) is 44.8 Å². The second-order valence-electron chi connectivity index (χ2n) is 3.75. The monoisotopic (exact) mass is 245 g/mol. The van der Waals surface area contributed by atoms with Gasteiger partial charge in [-0.25, -0.2) is 0 Å². The fourth-order valence-electron chi connectivity index (χ4n) is 1.40. The average molecular weight is 246 g/mol. The second kappa shape index (κ2) is 6.55. The van der Waals surface area contributed by atoms with E-state index in [1.165, 1.54) is 0 Å². The quantitative estimate of drug-likeness (QED) is 0.861. The summed E-state index contributed by atoms with van der Waals surface area (Å²) < 4.78 is 1.91. The van der Waals surface area contributed by atoms with Crippen molar-refractivity contribution < 1.29 is 4.79 Å². The minimum atomic E-state index is 0. The third kappa shape index (κ3) is 3.25. The largest absolute Gasteiger partial charge is 0.344 e. The molecule has 1 rings (SSSR count). The maximum atomic E-state index is 12.0. The van der Waals surface area contributed by atoms with Gasteiger partial charge in [0, 0.05) is 32.9 Å². The van der Waals surface area contributed by atoms with Crippen LogP contribution >= 0.6 is 12.4 Å². The normalized spacial score (nSPS) is 9.75. The van der Waals surface area contributed by atoms with E-state index in [1.54, 1.807) is 4.90 Å². The molecule has 4 nitrogen and oxygen atoms in total. The number of nitrogens with one attached hydrogen (secondary N) is 1. The molecule has 0 saturated carbocycles. The summed E-state index contributed by atoms with van der Waals surface area (Å²) >= 11 is 0. The summed E-state index contributed by atoms with van der Waals surface area (Å²) in [5.74, 6) is 0.0702. The zero-order valence-electron chi connectivity index (χ0n) is 10.3. The molecular formula is C11H20ClN3O. The maximum absolute atomic E-state index is 12.0. The Bertz CT molecular complexity index is 349. The van der Waals surface area contributed by atoms with Crippen molar-refractivity contribution in [3.63, 3.8) is 0 Å². The first-order chi connectivity index (χ1) is 7.07. The van der Waals surface area contributed by atoms with Crippen LogP contribution in [-0.2, 0) is 7.05 Å². The van der Waals surface area contributed by atoms with E-state index in [-0.39, 0.29) is 18.3 Å². The van der Waals surface area contributed by atoms with Gasteiger partial charge in [-0.2, -0.15) is 0 Å². The maximum Gasteiger partial charge on any atom is 0.270 e. The molecule has 1 N–H and O–H groups in total. The number of amides is 1. The lowest BCUT2D eigenvalue weighted by Crippen LogP contribution is -2.33. The Kier molecular flexibility index (Phi) is 6.14. The van der Waals surface area contributed by atoms with Gasteiger partial charge in [0.05, 0.1) is 0 Å². The highest BCUT2D eigenvalue weighted by Gasteiger charge is 2.14. The number of rotatable bonds is 4. The van der Waals surface area contributed by atoms with E-state index in [0.29, 0.717) is 0 Å². The minimum absolute atomic E-state index is 0. The van der Waals surface area contributed by atoms with Crippen molar-refractivity contribution in [1.82, 2.24) is 14.8 Å². The van der Waals surface area contributed by atoms with Crippen LogP contribution in [0.5, 0.6) is 0 Å². The fourth-order valence-corrected chi connectivity index (χ4v) is 1.40. The second-order valence-corrected chi connectivity index (χ2v) is 3.75. The van der Waals surface area contributed by atoms with Gasteiger partial charge < -0.3 is 14.8 Å². The summed E-state index contributed by atoms with van der Waals surface area (Å²) in [5, 5.41) is 3.02. The number of aromatic nitrogens is 1. The van der Waals surface area contributed by atoms with Gasteiger partial charge in [-0.05, 0) is 26.1 Å². The average Bonchev–Trinajstić information content (AvgIpc) is 2.55. The molecule has 0 unspecified atom stereocenters. The van der Waals surface area contributed by atoms with Crippen LogP contribution in [0.1, 0.15) is 16.2 Å². The zero-order valence-corrected chi connectivity index (χ0v) is 11.1. The molecule has 0 radical (unpaired) electrons. The Hall–Kier alpha value is -1.00. The summed E-state index contributed by atoms with van der Waals surface area (Å²) in [5.41, 5.74) is 1.84. The molecule has 0 bridgehead atoms. The van der Waals surface area contributed by atoms with Crippen LogP contribution in [0.3, 0.4) is 0 Å². The SMILES string of the molecule is CNCCN(C)C(=O)c1ccc(C)n1C.Cl. The number of carbonyl (C=O) groups is 1. The van der Waals surface area contributed by atoms with E-state index in [0.717, 1.165) is 24.5 Å². The lowest BCUT2D eigenvalue weighted by molar-refractivity contribution is 0.0787. The van der Waals surface area contributed by atoms with Crippen LogP contribution in [0, 0.1) is 6.92 Å². The van der Waals surface area contributed by atoms with Crippen molar-refractivity contribution in [1.29, 1.82) is 0 Å². The number of hydrogen-bond donors (Lipinski definition) is 1. The molecule has 1 heterocycles. The number of likely N-dealkylation sites (N-methyl/N-ethyl adjacent to an activating group) is 2. The van der Waals surface area contributed by atoms with Crippen LogP contribution in [0.25, 0.3) is 0 Å². The first kappa shape index (κ1) is 15.0. The lowest BCUT2D eigenvalue weighted by atomic mass is 10.3. The molecule has 0 saturated heterocycles. The Balaban J connectivity index is 0.00000225. The summed E-state index contributed by atoms with van der Waals surface area (Å²) in [6.07, 6.45) is 0. The van der Waals surface area contributed by atoms with Gasteiger partial charge in [-0.15, -0.1) is 12.4 Å². The van der Waals surface area contributed by atoms with Gasteiger partial charge in [-0.1, -0.05) is 0 Å². The fraction of sp³-hybridized carbons (Fsp3) is 0.545. The van der Waals surface area contributed by atoms with Crippen molar-refractivity contribution in [3.8, 4) is 0 Å². The Morgan fingerprint density at radius 2 is 2.12 bits per heavy atom. The molecule has 1 aromatic heterocycles. The van der Waals surface area contributed by atoms with Gasteiger partial charge >= 0.3 is 0 Å². The number of hydrogen-bond acceptors (Lipinski definition) is 2. The van der Waals surface area contributed by atoms with Crippen LogP contribution in [0.15, 0.2) is 12.1 Å². The van der Waals surface area contributed by atoms with E-state index >= 15 is 0 Å². The highest BCUT2D eigenvalue weighted by atomic mass is 35.5. The topological polar surface area (TPSA) is 37.3 Å². The lowest BCUT2D eigenvalue weighted by Gasteiger charge is -2.17. The van der Waals surface area contributed by atoms with Crippen molar-refractivity contribution >= 4 is 18.3 Å². The number of carbonyl (C=O) groups excluding carboxylic acids is 1. The van der Waals surface area contributed by atoms with Gasteiger partial charge in [0.25, 0.3) is 5.91 Å². The standard InChI is InChI=1S/C11H19N3O.ClH/c1-9-5-6-10(14(9)4)11(15)13(3)8-7-12-2;/h5-6,12H,7-8H2,1-4H3;1H. The first-order valence-electron chi connectivity index (χ1n) is 5.10. The highest BCUT2D eigenvalue weighted by molar-refractivity contribution is 5.92. The zero-order chi connectivity index (χ0) is 11.4. The van der Waals surface area contributed by atoms with Gasteiger partial charge in [0.15, 0.2) is 0 Å². The molecular weight excluding hydrogens is 226 g/mol. The number of halogens is 1. The summed E-state index contributed by atoms with van der Waals surface area (Å²) in [6.45, 7) is 3.52. The van der Waals surface area contributed by atoms with Crippen LogP contribution in [0.4, 0.5) is 0 Å². The van der Waals surface area contributed by atoms with Crippen molar-refractivity contribution in [3.05, 3.63) is 23.5 Å².